The molecule has 1 saturated heterocycles. The molecule has 1 aromatic carbocycles. The number of piperazine rings is 1. The summed E-state index contributed by atoms with van der Waals surface area (Å²) in [6, 6.07) is 14.6. The van der Waals surface area contributed by atoms with Gasteiger partial charge in [0.15, 0.2) is 10.6 Å². The van der Waals surface area contributed by atoms with Crippen molar-refractivity contribution < 1.29 is 4.79 Å². The Morgan fingerprint density at radius 3 is 2.41 bits per heavy atom. The molecular weight excluding hydrogens is 440 g/mol. The maximum absolute atomic E-state index is 12.6. The lowest BCUT2D eigenvalue weighted by atomic mass is 10.2. The molecule has 2 amide bonds. The van der Waals surface area contributed by atoms with Gasteiger partial charge in [-0.25, -0.2) is 9.48 Å². The lowest BCUT2D eigenvalue weighted by Crippen LogP contribution is -2.53. The highest BCUT2D eigenvalue weighted by Crippen LogP contribution is 2.25. The molecule has 0 saturated carbocycles. The fraction of sp³-hybridized carbons (Fsp3) is 0.435. The summed E-state index contributed by atoms with van der Waals surface area (Å²) in [7, 11) is 0. The quantitative estimate of drug-likeness (QED) is 0.485. The summed E-state index contributed by atoms with van der Waals surface area (Å²) >= 11 is 7.53. The molecule has 7 nitrogen and oxygen atoms in total. The summed E-state index contributed by atoms with van der Waals surface area (Å²) in [6.07, 6.45) is 0. The van der Waals surface area contributed by atoms with E-state index in [2.05, 4.69) is 33.0 Å². The largest absolute Gasteiger partial charge is 0.325 e. The van der Waals surface area contributed by atoms with Crippen molar-refractivity contribution in [1.82, 2.24) is 29.0 Å². The number of nitrogens with zero attached hydrogens (tertiary/aromatic N) is 6. The highest BCUT2D eigenvalue weighted by Gasteiger charge is 2.25. The fourth-order valence-corrected chi connectivity index (χ4v) is 4.96. The van der Waals surface area contributed by atoms with Crippen LogP contribution in [0.1, 0.15) is 19.4 Å². The number of hydrogen-bond donors (Lipinski definition) is 0. The molecule has 0 radical (unpaired) electrons. The smallest absolute Gasteiger partial charge is 0.320 e. The first-order chi connectivity index (χ1) is 15.6. The molecule has 0 bridgehead atoms. The maximum Gasteiger partial charge on any atom is 0.320 e. The van der Waals surface area contributed by atoms with Crippen molar-refractivity contribution in [2.75, 3.05) is 39.3 Å². The first-order valence-electron chi connectivity index (χ1n) is 11.1. The third-order valence-electron chi connectivity index (χ3n) is 5.86. The average molecular weight is 471 g/mol. The van der Waals surface area contributed by atoms with Crippen LogP contribution in [-0.4, -0.2) is 74.3 Å². The minimum Gasteiger partial charge on any atom is -0.325 e. The maximum atomic E-state index is 12.6. The predicted octanol–water partition coefficient (Wildman–Crippen LogP) is 4.23. The van der Waals surface area contributed by atoms with Crippen LogP contribution in [0.25, 0.3) is 10.7 Å². The van der Waals surface area contributed by atoms with E-state index in [-0.39, 0.29) is 6.03 Å². The van der Waals surface area contributed by atoms with Gasteiger partial charge >= 0.3 is 6.03 Å². The molecule has 0 spiro atoms. The summed E-state index contributed by atoms with van der Waals surface area (Å²) in [5, 5.41) is 6.97. The van der Waals surface area contributed by atoms with E-state index < -0.39 is 0 Å². The topological polar surface area (TPSA) is 49.5 Å². The number of carbonyl (C=O) groups excluding carboxylic acids is 1. The molecule has 0 atom stereocenters. The van der Waals surface area contributed by atoms with E-state index in [0.29, 0.717) is 13.2 Å². The van der Waals surface area contributed by atoms with Crippen LogP contribution in [-0.2, 0) is 13.2 Å². The molecule has 1 aliphatic rings. The molecule has 0 N–H and O–H groups in total. The van der Waals surface area contributed by atoms with E-state index in [4.69, 9.17) is 17.3 Å². The second-order valence-corrected chi connectivity index (χ2v) is 9.17. The predicted molar refractivity (Wildman–Crippen MR) is 131 cm³/mol. The van der Waals surface area contributed by atoms with Crippen LogP contribution in [0, 0.1) is 4.77 Å². The van der Waals surface area contributed by atoms with Gasteiger partial charge in [-0.2, -0.15) is 0 Å². The van der Waals surface area contributed by atoms with E-state index in [0.717, 1.165) is 54.7 Å². The van der Waals surface area contributed by atoms with Crippen molar-refractivity contribution in [3.05, 3.63) is 58.2 Å². The van der Waals surface area contributed by atoms with Crippen molar-refractivity contribution in [2.24, 2.45) is 0 Å². The van der Waals surface area contributed by atoms with Crippen LogP contribution in [0.2, 0.25) is 0 Å². The Bertz CT molecular complexity index is 1060. The van der Waals surface area contributed by atoms with Crippen LogP contribution >= 0.6 is 23.6 Å². The second-order valence-electron chi connectivity index (χ2n) is 7.86. The van der Waals surface area contributed by atoms with Gasteiger partial charge in [0, 0.05) is 39.3 Å². The third-order valence-corrected chi connectivity index (χ3v) is 7.16. The normalized spacial score (nSPS) is 14.6. The van der Waals surface area contributed by atoms with Crippen molar-refractivity contribution in [1.29, 1.82) is 0 Å². The third kappa shape index (κ3) is 4.95. The molecule has 3 heterocycles. The van der Waals surface area contributed by atoms with E-state index in [1.54, 1.807) is 11.3 Å². The fourth-order valence-electron chi connectivity index (χ4n) is 3.99. The van der Waals surface area contributed by atoms with Crippen molar-refractivity contribution >= 4 is 29.6 Å². The van der Waals surface area contributed by atoms with Crippen molar-refractivity contribution in [2.45, 2.75) is 27.1 Å². The average Bonchev–Trinajstić information content (AvgIpc) is 3.45. The minimum absolute atomic E-state index is 0.137. The number of benzene rings is 1. The Morgan fingerprint density at radius 1 is 1.06 bits per heavy atom. The summed E-state index contributed by atoms with van der Waals surface area (Å²) in [4.78, 5) is 19.9. The molecule has 4 rings (SSSR count). The number of amides is 2. The number of carbonyl (C=O) groups is 1. The zero-order valence-corrected chi connectivity index (χ0v) is 20.3. The number of aromatic nitrogens is 3. The van der Waals surface area contributed by atoms with E-state index in [1.807, 2.05) is 52.6 Å². The van der Waals surface area contributed by atoms with Crippen LogP contribution in [0.15, 0.2) is 47.8 Å². The summed E-state index contributed by atoms with van der Waals surface area (Å²) in [5.74, 6) is 0.907. The van der Waals surface area contributed by atoms with E-state index in [9.17, 15) is 4.79 Å². The van der Waals surface area contributed by atoms with Gasteiger partial charge in [-0.1, -0.05) is 36.4 Å². The highest BCUT2D eigenvalue weighted by atomic mass is 32.1. The van der Waals surface area contributed by atoms with Gasteiger partial charge in [-0.15, -0.1) is 16.4 Å². The zero-order valence-electron chi connectivity index (χ0n) is 18.7. The van der Waals surface area contributed by atoms with Gasteiger partial charge in [-0.05, 0) is 43.1 Å². The van der Waals surface area contributed by atoms with Gasteiger partial charge in [-0.3, -0.25) is 9.47 Å². The van der Waals surface area contributed by atoms with E-state index >= 15 is 0 Å². The van der Waals surface area contributed by atoms with Gasteiger partial charge in [0.2, 0.25) is 0 Å². The summed E-state index contributed by atoms with van der Waals surface area (Å²) < 4.78 is 4.77. The number of rotatable bonds is 7. The SMILES string of the molecule is CCN(CC)C(=O)N1CCN(Cn2nc(-c3cccs3)n(Cc3ccccc3)c2=S)CC1. The Balaban J connectivity index is 1.49. The molecule has 2 aromatic heterocycles. The lowest BCUT2D eigenvalue weighted by molar-refractivity contribution is 0.0969. The molecule has 9 heteroatoms. The molecule has 0 aliphatic carbocycles. The molecule has 170 valence electrons. The first kappa shape index (κ1) is 22.7. The lowest BCUT2D eigenvalue weighted by Gasteiger charge is -2.36. The van der Waals surface area contributed by atoms with Gasteiger partial charge < -0.3 is 9.80 Å². The zero-order chi connectivity index (χ0) is 22.5. The van der Waals surface area contributed by atoms with Crippen molar-refractivity contribution in [3.63, 3.8) is 0 Å². The van der Waals surface area contributed by atoms with Gasteiger partial charge in [0.25, 0.3) is 0 Å². The summed E-state index contributed by atoms with van der Waals surface area (Å²) in [5.41, 5.74) is 1.20. The number of hydrogen-bond acceptors (Lipinski definition) is 5. The molecule has 3 aromatic rings. The monoisotopic (exact) mass is 470 g/mol. The van der Waals surface area contributed by atoms with Gasteiger partial charge in [0.05, 0.1) is 18.1 Å². The molecular formula is C23H30N6OS2. The Labute approximate surface area is 198 Å². The Kier molecular flexibility index (Phi) is 7.39. The van der Waals surface area contributed by atoms with Gasteiger partial charge in [0.1, 0.15) is 0 Å². The van der Waals surface area contributed by atoms with Crippen LogP contribution in [0.5, 0.6) is 0 Å². The molecule has 32 heavy (non-hydrogen) atoms. The van der Waals surface area contributed by atoms with E-state index in [1.165, 1.54) is 5.56 Å². The van der Waals surface area contributed by atoms with Crippen LogP contribution in [0.3, 0.4) is 0 Å². The van der Waals surface area contributed by atoms with Crippen LogP contribution in [0.4, 0.5) is 4.79 Å². The number of urea groups is 1. The van der Waals surface area contributed by atoms with Crippen LogP contribution < -0.4 is 0 Å². The number of thiophene rings is 1. The second kappa shape index (κ2) is 10.4. The Morgan fingerprint density at radius 2 is 1.78 bits per heavy atom. The molecule has 1 aliphatic heterocycles. The molecule has 0 unspecified atom stereocenters. The molecule has 1 fully saturated rings. The minimum atomic E-state index is 0.137. The highest BCUT2D eigenvalue weighted by molar-refractivity contribution is 7.71. The summed E-state index contributed by atoms with van der Waals surface area (Å²) in [6.45, 7) is 9.95. The first-order valence-corrected chi connectivity index (χ1v) is 12.4. The Hall–Kier alpha value is -2.49. The van der Waals surface area contributed by atoms with Crippen molar-refractivity contribution in [3.8, 4) is 10.7 Å². The standard InChI is InChI=1S/C23H30N6OS2/c1-3-26(4-2)22(30)27-14-12-25(13-15-27)18-29-23(31)28(17-19-9-6-5-7-10-19)21(24-29)20-11-8-16-32-20/h5-11,16H,3-4,12-15,17-18H2,1-2H3.